The summed E-state index contributed by atoms with van der Waals surface area (Å²) in [5, 5.41) is 10.5. The summed E-state index contributed by atoms with van der Waals surface area (Å²) >= 11 is 0. The molecule has 0 radical (unpaired) electrons. The minimum absolute atomic E-state index is 0.374. The maximum Gasteiger partial charge on any atom is 0.422 e. The van der Waals surface area contributed by atoms with Gasteiger partial charge in [-0.15, -0.1) is 0 Å². The summed E-state index contributed by atoms with van der Waals surface area (Å²) in [4.78, 5) is 21.7. The second-order valence-corrected chi connectivity index (χ2v) is 3.31. The van der Waals surface area contributed by atoms with E-state index in [1.54, 1.807) is 5.32 Å². The van der Waals surface area contributed by atoms with E-state index in [0.717, 1.165) is 12.1 Å². The van der Waals surface area contributed by atoms with Crippen LogP contribution in [0.3, 0.4) is 0 Å². The predicted molar refractivity (Wildman–Crippen MR) is 54.4 cm³/mol. The predicted octanol–water partition coefficient (Wildman–Crippen LogP) is 2.63. The summed E-state index contributed by atoms with van der Waals surface area (Å²) in [6.45, 7) is -1.82. The SMILES string of the molecule is O=C(Nc1ccc(F)cc1C(=O)O)OCC(F)(F)F. The van der Waals surface area contributed by atoms with E-state index >= 15 is 0 Å². The first kappa shape index (κ1) is 14.7. The van der Waals surface area contributed by atoms with Gasteiger partial charge in [0, 0.05) is 0 Å². The Morgan fingerprint density at radius 2 is 1.95 bits per heavy atom. The molecule has 1 aromatic carbocycles. The van der Waals surface area contributed by atoms with Crippen LogP contribution in [0.4, 0.5) is 28.0 Å². The molecule has 0 atom stereocenters. The lowest BCUT2D eigenvalue weighted by atomic mass is 10.2. The van der Waals surface area contributed by atoms with Gasteiger partial charge in [-0.1, -0.05) is 0 Å². The quantitative estimate of drug-likeness (QED) is 0.835. The molecule has 0 unspecified atom stereocenters. The molecule has 0 aromatic heterocycles. The number of alkyl halides is 3. The van der Waals surface area contributed by atoms with E-state index in [1.165, 1.54) is 0 Å². The van der Waals surface area contributed by atoms with E-state index in [2.05, 4.69) is 4.74 Å². The summed E-state index contributed by atoms with van der Waals surface area (Å²) in [5.74, 6) is -2.42. The number of carbonyl (C=O) groups excluding carboxylic acids is 1. The number of ether oxygens (including phenoxy) is 1. The van der Waals surface area contributed by atoms with Gasteiger partial charge < -0.3 is 9.84 Å². The van der Waals surface area contributed by atoms with Crippen LogP contribution in [0.15, 0.2) is 18.2 Å². The van der Waals surface area contributed by atoms with Crippen molar-refractivity contribution in [1.29, 1.82) is 0 Å². The number of carboxylic acids is 1. The molecule has 1 amide bonds. The average Bonchev–Trinajstić information content (AvgIpc) is 2.28. The van der Waals surface area contributed by atoms with Crippen LogP contribution in [0.1, 0.15) is 10.4 Å². The first-order valence-electron chi connectivity index (χ1n) is 4.72. The van der Waals surface area contributed by atoms with Gasteiger partial charge in [0.25, 0.3) is 0 Å². The number of halogens is 4. The molecule has 0 saturated heterocycles. The lowest BCUT2D eigenvalue weighted by molar-refractivity contribution is -0.159. The van der Waals surface area contributed by atoms with E-state index in [4.69, 9.17) is 5.11 Å². The Morgan fingerprint density at radius 1 is 1.32 bits per heavy atom. The van der Waals surface area contributed by atoms with Gasteiger partial charge in [-0.25, -0.2) is 14.0 Å². The molecule has 104 valence electrons. The zero-order valence-electron chi connectivity index (χ0n) is 9.12. The first-order chi connectivity index (χ1) is 8.69. The molecule has 0 aliphatic rings. The van der Waals surface area contributed by atoms with Crippen molar-refractivity contribution in [3.05, 3.63) is 29.6 Å². The highest BCUT2D eigenvalue weighted by molar-refractivity contribution is 5.98. The molecule has 5 nitrogen and oxygen atoms in total. The number of amides is 1. The van der Waals surface area contributed by atoms with Crippen LogP contribution in [0.2, 0.25) is 0 Å². The Hall–Kier alpha value is -2.32. The molecule has 0 heterocycles. The summed E-state index contributed by atoms with van der Waals surface area (Å²) < 4.78 is 51.9. The molecular weight excluding hydrogens is 274 g/mol. The molecule has 0 aliphatic heterocycles. The lowest BCUT2D eigenvalue weighted by Crippen LogP contribution is -2.24. The molecule has 0 saturated carbocycles. The summed E-state index contributed by atoms with van der Waals surface area (Å²) in [6, 6.07) is 2.35. The number of carboxylic acid groups (broad SMARTS) is 1. The fourth-order valence-corrected chi connectivity index (χ4v) is 1.10. The minimum atomic E-state index is -4.70. The van der Waals surface area contributed by atoms with Crippen molar-refractivity contribution in [2.75, 3.05) is 11.9 Å². The number of nitrogens with one attached hydrogen (secondary N) is 1. The average molecular weight is 281 g/mol. The van der Waals surface area contributed by atoms with Gasteiger partial charge in [-0.3, -0.25) is 5.32 Å². The summed E-state index contributed by atoms with van der Waals surface area (Å²) in [6.07, 6.45) is -6.19. The van der Waals surface area contributed by atoms with Gasteiger partial charge in [-0.05, 0) is 18.2 Å². The molecule has 0 spiro atoms. The van der Waals surface area contributed by atoms with Gasteiger partial charge in [0.2, 0.25) is 0 Å². The number of hydrogen-bond donors (Lipinski definition) is 2. The van der Waals surface area contributed by atoms with E-state index in [9.17, 15) is 27.2 Å². The van der Waals surface area contributed by atoms with Crippen molar-refractivity contribution >= 4 is 17.7 Å². The van der Waals surface area contributed by atoms with E-state index in [-0.39, 0.29) is 5.69 Å². The lowest BCUT2D eigenvalue weighted by Gasteiger charge is -2.10. The van der Waals surface area contributed by atoms with E-state index in [1.807, 2.05) is 0 Å². The third kappa shape index (κ3) is 4.82. The number of carbonyl (C=O) groups is 2. The second kappa shape index (κ2) is 5.55. The van der Waals surface area contributed by atoms with Crippen LogP contribution in [0.25, 0.3) is 0 Å². The smallest absolute Gasteiger partial charge is 0.422 e. The number of aromatic carboxylic acids is 1. The first-order valence-corrected chi connectivity index (χ1v) is 4.72. The molecule has 0 aliphatic carbocycles. The number of rotatable bonds is 3. The van der Waals surface area contributed by atoms with Gasteiger partial charge in [0.1, 0.15) is 5.82 Å². The molecule has 1 rings (SSSR count). The standard InChI is InChI=1S/C10H7F4NO4/c11-5-1-2-7(6(3-5)8(16)17)15-9(18)19-4-10(12,13)14/h1-3H,4H2,(H,15,18)(H,16,17). The third-order valence-corrected chi connectivity index (χ3v) is 1.82. The van der Waals surface area contributed by atoms with Crippen molar-refractivity contribution in [2.45, 2.75) is 6.18 Å². The molecular formula is C10H7F4NO4. The molecule has 0 bridgehead atoms. The molecule has 19 heavy (non-hydrogen) atoms. The van der Waals surface area contributed by atoms with Crippen molar-refractivity contribution in [1.82, 2.24) is 0 Å². The van der Waals surface area contributed by atoms with Crippen molar-refractivity contribution in [3.8, 4) is 0 Å². The zero-order chi connectivity index (χ0) is 14.6. The van der Waals surface area contributed by atoms with Gasteiger partial charge in [-0.2, -0.15) is 13.2 Å². The van der Waals surface area contributed by atoms with E-state index < -0.39 is 36.2 Å². The summed E-state index contributed by atoms with van der Waals surface area (Å²) in [7, 11) is 0. The highest BCUT2D eigenvalue weighted by Crippen LogP contribution is 2.18. The van der Waals surface area contributed by atoms with Crippen molar-refractivity contribution in [3.63, 3.8) is 0 Å². The topological polar surface area (TPSA) is 75.6 Å². The second-order valence-electron chi connectivity index (χ2n) is 3.31. The van der Waals surface area contributed by atoms with Crippen LogP contribution in [-0.4, -0.2) is 30.0 Å². The Morgan fingerprint density at radius 3 is 2.47 bits per heavy atom. The Balaban J connectivity index is 2.77. The third-order valence-electron chi connectivity index (χ3n) is 1.82. The van der Waals surface area contributed by atoms with Crippen LogP contribution in [0.5, 0.6) is 0 Å². The Bertz CT molecular complexity index is 501. The van der Waals surface area contributed by atoms with Crippen LogP contribution in [-0.2, 0) is 4.74 Å². The molecule has 2 N–H and O–H groups in total. The highest BCUT2D eigenvalue weighted by Gasteiger charge is 2.29. The van der Waals surface area contributed by atoms with Crippen LogP contribution < -0.4 is 5.32 Å². The highest BCUT2D eigenvalue weighted by atomic mass is 19.4. The number of anilines is 1. The fourth-order valence-electron chi connectivity index (χ4n) is 1.10. The van der Waals surface area contributed by atoms with Gasteiger partial charge >= 0.3 is 18.2 Å². The summed E-state index contributed by atoms with van der Waals surface area (Å²) in [5.41, 5.74) is -0.981. The van der Waals surface area contributed by atoms with Crippen molar-refractivity contribution < 1.29 is 37.0 Å². The molecule has 9 heteroatoms. The normalized spacial score (nSPS) is 10.9. The largest absolute Gasteiger partial charge is 0.478 e. The van der Waals surface area contributed by atoms with Gasteiger partial charge in [0.05, 0.1) is 11.3 Å². The van der Waals surface area contributed by atoms with E-state index in [0.29, 0.717) is 6.07 Å². The Kier molecular flexibility index (Phi) is 4.30. The van der Waals surface area contributed by atoms with Gasteiger partial charge in [0.15, 0.2) is 6.61 Å². The Labute approximate surface area is 103 Å². The van der Waals surface area contributed by atoms with Crippen LogP contribution in [0, 0.1) is 5.82 Å². The number of hydrogen-bond acceptors (Lipinski definition) is 3. The molecule has 0 fully saturated rings. The maximum atomic E-state index is 12.8. The fraction of sp³-hybridized carbons (Fsp3) is 0.200. The molecule has 1 aromatic rings. The maximum absolute atomic E-state index is 12.8. The monoisotopic (exact) mass is 281 g/mol. The zero-order valence-corrected chi connectivity index (χ0v) is 9.12. The van der Waals surface area contributed by atoms with Crippen molar-refractivity contribution in [2.24, 2.45) is 0 Å². The minimum Gasteiger partial charge on any atom is -0.478 e. The number of benzene rings is 1. The van der Waals surface area contributed by atoms with Crippen LogP contribution >= 0.6 is 0 Å².